The maximum Gasteiger partial charge on any atom is 0.248 e. The topological polar surface area (TPSA) is 78.4 Å². The molecule has 1 saturated carbocycles. The number of nitrogens with two attached hydrogens (primary N) is 1. The number of furan rings is 1. The number of rotatable bonds is 4. The van der Waals surface area contributed by atoms with Crippen molar-refractivity contribution in [1.29, 1.82) is 0 Å². The predicted molar refractivity (Wildman–Crippen MR) is 128 cm³/mol. The summed E-state index contributed by atoms with van der Waals surface area (Å²) in [4.78, 5) is 15.8. The highest BCUT2D eigenvalue weighted by molar-refractivity contribution is 5.97. The first kappa shape index (κ1) is 22.5. The van der Waals surface area contributed by atoms with Crippen molar-refractivity contribution in [3.05, 3.63) is 72.2 Å². The van der Waals surface area contributed by atoms with Crippen LogP contribution in [0.2, 0.25) is 0 Å². The van der Waals surface area contributed by atoms with Gasteiger partial charge in [-0.3, -0.25) is 9.78 Å². The summed E-state index contributed by atoms with van der Waals surface area (Å²) in [5.74, 6) is -0.0746. The smallest absolute Gasteiger partial charge is 0.248 e. The molecule has 2 aromatic carbocycles. The molecule has 1 fully saturated rings. The minimum Gasteiger partial charge on any atom is -0.497 e. The Morgan fingerprint density at radius 3 is 2.36 bits per heavy atom. The van der Waals surface area contributed by atoms with Crippen LogP contribution < -0.4 is 10.5 Å². The van der Waals surface area contributed by atoms with Gasteiger partial charge in [-0.25, -0.2) is 4.39 Å². The van der Waals surface area contributed by atoms with Gasteiger partial charge in [-0.05, 0) is 42.0 Å². The number of aromatic nitrogens is 1. The number of carbonyl (C=O) groups is 1. The summed E-state index contributed by atoms with van der Waals surface area (Å²) >= 11 is 0. The minimum atomic E-state index is -0.513. The van der Waals surface area contributed by atoms with E-state index in [9.17, 15) is 9.18 Å². The first-order chi connectivity index (χ1) is 16.1. The molecule has 0 radical (unpaired) electrons. The lowest BCUT2D eigenvalue weighted by molar-refractivity contribution is 0.100. The first-order valence-electron chi connectivity index (χ1n) is 11.2. The molecule has 0 atom stereocenters. The largest absolute Gasteiger partial charge is 0.497 e. The van der Waals surface area contributed by atoms with Crippen LogP contribution in [0.25, 0.3) is 33.6 Å². The lowest BCUT2D eigenvalue weighted by atomic mass is 10.0. The molecule has 0 bridgehead atoms. The maximum absolute atomic E-state index is 14.3. The number of halogens is 1. The summed E-state index contributed by atoms with van der Waals surface area (Å²) in [6.07, 6.45) is 10.6. The summed E-state index contributed by atoms with van der Waals surface area (Å²) in [5.41, 5.74) is 8.61. The zero-order chi connectivity index (χ0) is 23.2. The molecular formula is C27H27FN2O3. The number of hydrogen-bond acceptors (Lipinski definition) is 4. The molecule has 170 valence electrons. The Kier molecular flexibility index (Phi) is 7.03. The molecule has 1 aliphatic carbocycles. The number of carbonyl (C=O) groups excluding carboxylic acids is 1. The lowest BCUT2D eigenvalue weighted by Crippen LogP contribution is -2.10. The summed E-state index contributed by atoms with van der Waals surface area (Å²) in [6, 6.07) is 14.8. The number of methoxy groups -OCH3 is 1. The van der Waals surface area contributed by atoms with Crippen LogP contribution in [0.15, 0.2) is 65.2 Å². The number of nitrogens with zero attached hydrogens (tertiary/aromatic N) is 1. The number of primary amides is 1. The zero-order valence-corrected chi connectivity index (χ0v) is 18.6. The molecule has 33 heavy (non-hydrogen) atoms. The van der Waals surface area contributed by atoms with Crippen LogP contribution in [0.3, 0.4) is 0 Å². The van der Waals surface area contributed by atoms with E-state index in [1.165, 1.54) is 51.7 Å². The summed E-state index contributed by atoms with van der Waals surface area (Å²) < 4.78 is 25.4. The normalized spacial score (nSPS) is 13.3. The summed E-state index contributed by atoms with van der Waals surface area (Å²) in [6.45, 7) is 0. The Bertz CT molecular complexity index is 1250. The van der Waals surface area contributed by atoms with Gasteiger partial charge in [0, 0.05) is 23.4 Å². The van der Waals surface area contributed by atoms with E-state index >= 15 is 0 Å². The van der Waals surface area contributed by atoms with Gasteiger partial charge in [-0.1, -0.05) is 50.7 Å². The second kappa shape index (κ2) is 10.3. The van der Waals surface area contributed by atoms with Gasteiger partial charge >= 0.3 is 0 Å². The van der Waals surface area contributed by atoms with Gasteiger partial charge in [0.1, 0.15) is 22.8 Å². The average Bonchev–Trinajstić information content (AvgIpc) is 3.30. The van der Waals surface area contributed by atoms with Gasteiger partial charge in [0.25, 0.3) is 0 Å². The molecule has 2 heterocycles. The molecule has 4 aromatic rings. The molecule has 2 aromatic heterocycles. The van der Waals surface area contributed by atoms with Crippen LogP contribution in [0.5, 0.6) is 5.75 Å². The molecule has 0 saturated heterocycles. The number of fused-ring (bicyclic) bond motifs is 1. The van der Waals surface area contributed by atoms with Crippen LogP contribution in [0.1, 0.15) is 48.9 Å². The number of ether oxygens (including phenoxy) is 1. The SMILES string of the molecule is C1CCCCC1.COc1ccc(F)c(-c2cc3nccc(-c4cccc(C(N)=O)c4)c3o2)c1. The van der Waals surface area contributed by atoms with Crippen molar-refractivity contribution >= 4 is 17.0 Å². The first-order valence-corrected chi connectivity index (χ1v) is 11.2. The molecule has 1 amide bonds. The second-order valence-corrected chi connectivity index (χ2v) is 8.10. The second-order valence-electron chi connectivity index (χ2n) is 8.10. The molecule has 6 heteroatoms. The lowest BCUT2D eigenvalue weighted by Gasteiger charge is -2.05. The van der Waals surface area contributed by atoms with Gasteiger partial charge < -0.3 is 14.9 Å². The minimum absolute atomic E-state index is 0.282. The van der Waals surface area contributed by atoms with Crippen LogP contribution in [0, 0.1) is 5.82 Å². The van der Waals surface area contributed by atoms with E-state index in [2.05, 4.69) is 4.98 Å². The molecule has 0 unspecified atom stereocenters. The van der Waals surface area contributed by atoms with Crippen LogP contribution >= 0.6 is 0 Å². The Hall–Kier alpha value is -3.67. The molecule has 2 N–H and O–H groups in total. The highest BCUT2D eigenvalue weighted by Crippen LogP contribution is 2.35. The van der Waals surface area contributed by atoms with Gasteiger partial charge in [0.15, 0.2) is 5.58 Å². The number of amides is 1. The van der Waals surface area contributed by atoms with E-state index in [1.54, 1.807) is 48.7 Å². The van der Waals surface area contributed by atoms with Crippen molar-refractivity contribution < 1.29 is 18.3 Å². The van der Waals surface area contributed by atoms with E-state index in [0.29, 0.717) is 28.2 Å². The fourth-order valence-electron chi connectivity index (χ4n) is 4.02. The van der Waals surface area contributed by atoms with Gasteiger partial charge in [0.05, 0.1) is 12.7 Å². The third kappa shape index (κ3) is 5.22. The Labute approximate surface area is 192 Å². The Balaban J connectivity index is 0.000000376. The average molecular weight is 447 g/mol. The molecule has 0 spiro atoms. The molecule has 5 nitrogen and oxygen atoms in total. The van der Waals surface area contributed by atoms with E-state index in [0.717, 1.165) is 11.1 Å². The van der Waals surface area contributed by atoms with Crippen LogP contribution in [-0.4, -0.2) is 18.0 Å². The van der Waals surface area contributed by atoms with E-state index < -0.39 is 11.7 Å². The van der Waals surface area contributed by atoms with Gasteiger partial charge in [-0.15, -0.1) is 0 Å². The quantitative estimate of drug-likeness (QED) is 0.376. The van der Waals surface area contributed by atoms with Crippen molar-refractivity contribution in [1.82, 2.24) is 4.98 Å². The highest BCUT2D eigenvalue weighted by Gasteiger charge is 2.16. The van der Waals surface area contributed by atoms with E-state index in [1.807, 2.05) is 6.07 Å². The molecular weight excluding hydrogens is 419 g/mol. The highest BCUT2D eigenvalue weighted by atomic mass is 19.1. The summed E-state index contributed by atoms with van der Waals surface area (Å²) in [5, 5.41) is 0. The van der Waals surface area contributed by atoms with Crippen molar-refractivity contribution in [2.24, 2.45) is 5.73 Å². The molecule has 5 rings (SSSR count). The monoisotopic (exact) mass is 446 g/mol. The van der Waals surface area contributed by atoms with Crippen molar-refractivity contribution in [2.45, 2.75) is 38.5 Å². The summed E-state index contributed by atoms with van der Waals surface area (Å²) in [7, 11) is 1.51. The van der Waals surface area contributed by atoms with E-state index in [4.69, 9.17) is 14.9 Å². The number of benzene rings is 2. The standard InChI is InChI=1S/C21H15FN2O3.C6H12/c1-26-14-5-6-17(22)16(10-14)19-11-18-20(27-19)15(7-8-24-18)12-3-2-4-13(9-12)21(23)25;1-2-4-6-5-3-1/h2-11H,1H3,(H2,23,25);1-6H2. The third-order valence-electron chi connectivity index (χ3n) is 5.81. The van der Waals surface area contributed by atoms with Crippen molar-refractivity contribution in [3.8, 4) is 28.2 Å². The maximum atomic E-state index is 14.3. The molecule has 0 aliphatic heterocycles. The van der Waals surface area contributed by atoms with Crippen molar-refractivity contribution in [2.75, 3.05) is 7.11 Å². The predicted octanol–water partition coefficient (Wildman–Crippen LogP) is 6.75. The Morgan fingerprint density at radius 1 is 0.970 bits per heavy atom. The molecule has 1 aliphatic rings. The van der Waals surface area contributed by atoms with Gasteiger partial charge in [-0.2, -0.15) is 0 Å². The fraction of sp³-hybridized carbons (Fsp3) is 0.259. The fourth-order valence-corrected chi connectivity index (χ4v) is 4.02. The van der Waals surface area contributed by atoms with Crippen molar-refractivity contribution in [3.63, 3.8) is 0 Å². The van der Waals surface area contributed by atoms with E-state index in [-0.39, 0.29) is 5.56 Å². The number of pyridine rings is 1. The third-order valence-corrected chi connectivity index (χ3v) is 5.81. The van der Waals surface area contributed by atoms with Gasteiger partial charge in [0.2, 0.25) is 5.91 Å². The zero-order valence-electron chi connectivity index (χ0n) is 18.6. The number of hydrogen-bond donors (Lipinski definition) is 1. The van der Waals surface area contributed by atoms with Crippen LogP contribution in [0.4, 0.5) is 4.39 Å². The Morgan fingerprint density at radius 2 is 1.70 bits per heavy atom. The van der Waals surface area contributed by atoms with Crippen LogP contribution in [-0.2, 0) is 0 Å².